The number of ether oxygens (including phenoxy) is 2. The van der Waals surface area contributed by atoms with Gasteiger partial charge in [0, 0.05) is 10.9 Å². The first-order chi connectivity index (χ1) is 15.7. The molecule has 2 saturated heterocycles. The summed E-state index contributed by atoms with van der Waals surface area (Å²) in [6.45, 7) is 4.20. The monoisotopic (exact) mass is 488 g/mol. The van der Waals surface area contributed by atoms with Gasteiger partial charge < -0.3 is 14.4 Å². The van der Waals surface area contributed by atoms with E-state index in [2.05, 4.69) is 18.8 Å². The van der Waals surface area contributed by atoms with Gasteiger partial charge in [-0.25, -0.2) is 8.42 Å². The molecule has 176 valence electrons. The van der Waals surface area contributed by atoms with Crippen molar-refractivity contribution in [2.45, 2.75) is 37.5 Å². The van der Waals surface area contributed by atoms with Crippen molar-refractivity contribution in [3.05, 3.63) is 53.6 Å². The lowest BCUT2D eigenvalue weighted by atomic mass is 9.99. The number of amides is 1. The zero-order chi connectivity index (χ0) is 23.8. The Bertz CT molecular complexity index is 1190. The molecule has 0 aliphatic carbocycles. The minimum Gasteiger partial charge on any atom is -0.493 e. The molecule has 33 heavy (non-hydrogen) atoms. The van der Waals surface area contributed by atoms with E-state index < -0.39 is 9.84 Å². The van der Waals surface area contributed by atoms with Crippen LogP contribution in [0.3, 0.4) is 0 Å². The summed E-state index contributed by atoms with van der Waals surface area (Å²) in [6.07, 6.45) is 0.109. The molecule has 0 radical (unpaired) electrons. The third kappa shape index (κ3) is 4.89. The molecule has 2 aliphatic heterocycles. The van der Waals surface area contributed by atoms with Gasteiger partial charge in [0.1, 0.15) is 0 Å². The molecule has 1 amide bonds. The Labute approximate surface area is 199 Å². The van der Waals surface area contributed by atoms with Gasteiger partial charge in [0.15, 0.2) is 26.5 Å². The molecule has 0 saturated carbocycles. The van der Waals surface area contributed by atoms with Gasteiger partial charge in [0.25, 0.3) is 5.91 Å². The van der Waals surface area contributed by atoms with Crippen LogP contribution in [0, 0.1) is 0 Å². The molecule has 2 atom stereocenters. The third-order valence-electron chi connectivity index (χ3n) is 5.91. The Kier molecular flexibility index (Phi) is 6.72. The first-order valence-electron chi connectivity index (χ1n) is 10.8. The zero-order valence-corrected chi connectivity index (χ0v) is 20.8. The number of sulfone groups is 1. The number of hydrogen-bond acceptors (Lipinski definition) is 6. The SMILES string of the molecule is COc1ccc(CC(=O)N=C2S[C@@H]3CS(=O)(=O)C[C@@H]3N2c2ccccc2C(C)C)cc1OC. The highest BCUT2D eigenvalue weighted by Gasteiger charge is 2.49. The summed E-state index contributed by atoms with van der Waals surface area (Å²) in [4.78, 5) is 19.4. The highest BCUT2D eigenvalue weighted by Crippen LogP contribution is 2.43. The Morgan fingerprint density at radius 2 is 1.85 bits per heavy atom. The number of carbonyl (C=O) groups is 1. The molecule has 0 spiro atoms. The van der Waals surface area contributed by atoms with Gasteiger partial charge in [-0.3, -0.25) is 4.79 Å². The minimum atomic E-state index is -3.12. The van der Waals surface area contributed by atoms with E-state index in [0.717, 1.165) is 16.8 Å². The number of aliphatic imine (C=N–C) groups is 1. The highest BCUT2D eigenvalue weighted by atomic mass is 32.2. The van der Waals surface area contributed by atoms with E-state index in [1.54, 1.807) is 26.4 Å². The van der Waals surface area contributed by atoms with Crippen LogP contribution in [0.25, 0.3) is 0 Å². The molecule has 2 aromatic rings. The van der Waals surface area contributed by atoms with Crippen LogP contribution in [0.1, 0.15) is 30.9 Å². The van der Waals surface area contributed by atoms with E-state index in [0.29, 0.717) is 16.7 Å². The molecule has 0 aromatic heterocycles. The van der Waals surface area contributed by atoms with Crippen LogP contribution in [0.4, 0.5) is 5.69 Å². The minimum absolute atomic E-state index is 0.0694. The average molecular weight is 489 g/mol. The summed E-state index contributed by atoms with van der Waals surface area (Å²) in [5.41, 5.74) is 2.78. The van der Waals surface area contributed by atoms with Crippen LogP contribution in [0.5, 0.6) is 11.5 Å². The molecule has 4 rings (SSSR count). The van der Waals surface area contributed by atoms with Gasteiger partial charge in [-0.05, 0) is 35.2 Å². The van der Waals surface area contributed by atoms with E-state index in [4.69, 9.17) is 9.47 Å². The Morgan fingerprint density at radius 3 is 2.55 bits per heavy atom. The maximum atomic E-state index is 12.9. The number of benzene rings is 2. The summed E-state index contributed by atoms with van der Waals surface area (Å²) < 4.78 is 35.3. The molecule has 2 aromatic carbocycles. The van der Waals surface area contributed by atoms with Crippen molar-refractivity contribution in [3.63, 3.8) is 0 Å². The normalized spacial score (nSPS) is 22.6. The maximum Gasteiger partial charge on any atom is 0.252 e. The number of amidine groups is 1. The Morgan fingerprint density at radius 1 is 1.12 bits per heavy atom. The Balaban J connectivity index is 1.66. The van der Waals surface area contributed by atoms with E-state index in [1.165, 1.54) is 11.8 Å². The lowest BCUT2D eigenvalue weighted by Gasteiger charge is -2.28. The van der Waals surface area contributed by atoms with Gasteiger partial charge in [-0.2, -0.15) is 4.99 Å². The van der Waals surface area contributed by atoms with Crippen LogP contribution in [-0.2, 0) is 21.1 Å². The van der Waals surface area contributed by atoms with E-state index in [-0.39, 0.29) is 41.0 Å². The number of anilines is 1. The predicted molar refractivity (Wildman–Crippen MR) is 133 cm³/mol. The largest absolute Gasteiger partial charge is 0.493 e. The van der Waals surface area contributed by atoms with Crippen LogP contribution in [0.2, 0.25) is 0 Å². The first kappa shape index (κ1) is 23.6. The quantitative estimate of drug-likeness (QED) is 0.613. The number of hydrogen-bond donors (Lipinski definition) is 0. The fraction of sp³-hybridized carbons (Fsp3) is 0.417. The van der Waals surface area contributed by atoms with Crippen LogP contribution in [0.15, 0.2) is 47.5 Å². The standard InChI is InChI=1S/C24H28N2O5S2/c1-15(2)17-7-5-6-8-18(17)26-19-13-33(28,29)14-22(19)32-24(26)25-23(27)12-16-9-10-20(30-3)21(11-16)31-4/h5-11,15,19,22H,12-14H2,1-4H3/t19-,22+/m0/s1. The summed E-state index contributed by atoms with van der Waals surface area (Å²) in [7, 11) is -0.00906. The van der Waals surface area contributed by atoms with E-state index in [1.807, 2.05) is 35.2 Å². The molecule has 0 unspecified atom stereocenters. The van der Waals surface area contributed by atoms with Crippen molar-refractivity contribution < 1.29 is 22.7 Å². The summed E-state index contributed by atoms with van der Waals surface area (Å²) in [5, 5.41) is 0.432. The van der Waals surface area contributed by atoms with Crippen molar-refractivity contribution in [1.29, 1.82) is 0 Å². The number of methoxy groups -OCH3 is 2. The van der Waals surface area contributed by atoms with Crippen molar-refractivity contribution in [2.75, 3.05) is 30.6 Å². The Hall–Kier alpha value is -2.52. The number of nitrogens with zero attached hydrogens (tertiary/aromatic N) is 2. The molecule has 7 nitrogen and oxygen atoms in total. The van der Waals surface area contributed by atoms with Crippen molar-refractivity contribution in [1.82, 2.24) is 0 Å². The van der Waals surface area contributed by atoms with Gasteiger partial charge in [0.05, 0.1) is 38.2 Å². The summed E-state index contributed by atoms with van der Waals surface area (Å²) >= 11 is 1.39. The van der Waals surface area contributed by atoms with Crippen LogP contribution >= 0.6 is 11.8 Å². The molecule has 2 aliphatic rings. The summed E-state index contributed by atoms with van der Waals surface area (Å²) in [6, 6.07) is 13.1. The van der Waals surface area contributed by atoms with Crippen molar-refractivity contribution >= 4 is 38.4 Å². The van der Waals surface area contributed by atoms with E-state index >= 15 is 0 Å². The molecular weight excluding hydrogens is 460 g/mol. The van der Waals surface area contributed by atoms with Gasteiger partial charge in [0.2, 0.25) is 0 Å². The fourth-order valence-electron chi connectivity index (χ4n) is 4.35. The number of thioether (sulfide) groups is 1. The lowest BCUT2D eigenvalue weighted by Crippen LogP contribution is -2.38. The molecular formula is C24H28N2O5S2. The summed E-state index contributed by atoms with van der Waals surface area (Å²) in [5.74, 6) is 1.27. The lowest BCUT2D eigenvalue weighted by molar-refractivity contribution is -0.117. The topological polar surface area (TPSA) is 85.3 Å². The van der Waals surface area contributed by atoms with Gasteiger partial charge in [-0.1, -0.05) is 49.9 Å². The van der Waals surface area contributed by atoms with Crippen molar-refractivity contribution in [3.8, 4) is 11.5 Å². The van der Waals surface area contributed by atoms with Crippen LogP contribution < -0.4 is 14.4 Å². The average Bonchev–Trinajstić information content (AvgIpc) is 3.23. The fourth-order valence-corrected chi connectivity index (χ4v) is 8.28. The maximum absolute atomic E-state index is 12.9. The number of para-hydroxylation sites is 1. The van der Waals surface area contributed by atoms with Gasteiger partial charge in [-0.15, -0.1) is 0 Å². The van der Waals surface area contributed by atoms with Gasteiger partial charge >= 0.3 is 0 Å². The molecule has 2 heterocycles. The van der Waals surface area contributed by atoms with E-state index in [9.17, 15) is 13.2 Å². The number of rotatable bonds is 6. The predicted octanol–water partition coefficient (Wildman–Crippen LogP) is 3.67. The van der Waals surface area contributed by atoms with Crippen LogP contribution in [-0.4, -0.2) is 56.5 Å². The number of carbonyl (C=O) groups excluding carboxylic acids is 1. The molecule has 2 fully saturated rings. The third-order valence-corrected chi connectivity index (χ3v) is 9.12. The first-order valence-corrected chi connectivity index (χ1v) is 13.5. The second-order valence-corrected chi connectivity index (χ2v) is 11.9. The molecule has 0 N–H and O–H groups in total. The molecule has 0 bridgehead atoms. The second kappa shape index (κ2) is 9.38. The highest BCUT2D eigenvalue weighted by molar-refractivity contribution is 8.16. The number of fused-ring (bicyclic) bond motifs is 1. The molecule has 9 heteroatoms. The zero-order valence-electron chi connectivity index (χ0n) is 19.1. The smallest absolute Gasteiger partial charge is 0.252 e. The second-order valence-electron chi connectivity index (χ2n) is 8.54. The van der Waals surface area contributed by atoms with Crippen molar-refractivity contribution in [2.24, 2.45) is 4.99 Å².